The van der Waals surface area contributed by atoms with Crippen LogP contribution in [0.3, 0.4) is 0 Å². The van der Waals surface area contributed by atoms with Crippen molar-refractivity contribution in [3.05, 3.63) is 22.4 Å². The van der Waals surface area contributed by atoms with Crippen LogP contribution in [0.15, 0.2) is 17.5 Å². The van der Waals surface area contributed by atoms with Gasteiger partial charge < -0.3 is 15.3 Å². The number of hydrogen-bond acceptors (Lipinski definition) is 5. The van der Waals surface area contributed by atoms with E-state index in [4.69, 9.17) is 5.11 Å². The predicted octanol–water partition coefficient (Wildman–Crippen LogP) is -0.525. The molecule has 1 saturated heterocycles. The Morgan fingerprint density at radius 1 is 1.36 bits per heavy atom. The molecule has 0 bridgehead atoms. The molecule has 1 aromatic rings. The van der Waals surface area contributed by atoms with Crippen LogP contribution in [-0.4, -0.2) is 40.2 Å². The summed E-state index contributed by atoms with van der Waals surface area (Å²) in [6.07, 6.45) is -1.74. The van der Waals surface area contributed by atoms with E-state index in [1.54, 1.807) is 0 Å². The van der Waals surface area contributed by atoms with E-state index in [2.05, 4.69) is 5.32 Å². The van der Waals surface area contributed by atoms with E-state index >= 15 is 0 Å². The van der Waals surface area contributed by atoms with Crippen LogP contribution in [0.2, 0.25) is 0 Å². The van der Waals surface area contributed by atoms with Crippen LogP contribution in [0, 0.1) is 0 Å². The maximum absolute atomic E-state index is 9.71. The smallest absolute Gasteiger partial charge is 0.102 e. The summed E-state index contributed by atoms with van der Waals surface area (Å²) in [6, 6.07) is 3.10. The Bertz CT molecular complexity index is 290. The predicted molar refractivity (Wildman–Crippen MR) is 53.1 cm³/mol. The maximum Gasteiger partial charge on any atom is 0.102 e. The molecule has 2 heterocycles. The third kappa shape index (κ3) is 1.57. The van der Waals surface area contributed by atoms with Gasteiger partial charge in [0.2, 0.25) is 0 Å². The highest BCUT2D eigenvalue weighted by Gasteiger charge is 2.41. The number of hydrogen-bond donors (Lipinski definition) is 4. The summed E-state index contributed by atoms with van der Waals surface area (Å²) >= 11 is 1.52. The summed E-state index contributed by atoms with van der Waals surface area (Å²) < 4.78 is 0. The quantitative estimate of drug-likeness (QED) is 0.535. The standard InChI is InChI=1S/C9H13NO3S/c11-4-5-8(12)9(13)7(10-5)6-2-1-3-14-6/h1-3,5,7-13H,4H2/t5-,7?,8-,9+/m1/s1. The highest BCUT2D eigenvalue weighted by Crippen LogP contribution is 2.30. The van der Waals surface area contributed by atoms with Gasteiger partial charge in [0, 0.05) is 4.88 Å². The molecule has 0 amide bonds. The topological polar surface area (TPSA) is 72.7 Å². The van der Waals surface area contributed by atoms with Crippen LogP contribution in [0.5, 0.6) is 0 Å². The summed E-state index contributed by atoms with van der Waals surface area (Å²) in [5.41, 5.74) is 0. The molecule has 1 aliphatic heterocycles. The summed E-state index contributed by atoms with van der Waals surface area (Å²) in [5, 5.41) is 33.1. The van der Waals surface area contributed by atoms with Gasteiger partial charge >= 0.3 is 0 Å². The maximum atomic E-state index is 9.71. The second-order valence-electron chi connectivity index (χ2n) is 3.43. The van der Waals surface area contributed by atoms with E-state index in [-0.39, 0.29) is 12.6 Å². The van der Waals surface area contributed by atoms with E-state index in [0.29, 0.717) is 0 Å². The van der Waals surface area contributed by atoms with Gasteiger partial charge in [-0.2, -0.15) is 0 Å². The molecule has 0 saturated carbocycles. The van der Waals surface area contributed by atoms with E-state index in [0.717, 1.165) is 4.88 Å². The Balaban J connectivity index is 2.16. The number of aliphatic hydroxyl groups is 3. The van der Waals surface area contributed by atoms with Crippen molar-refractivity contribution in [2.45, 2.75) is 24.3 Å². The summed E-state index contributed by atoms with van der Waals surface area (Å²) in [4.78, 5) is 0.979. The summed E-state index contributed by atoms with van der Waals surface area (Å²) in [5.74, 6) is 0. The molecule has 0 radical (unpaired) electrons. The van der Waals surface area contributed by atoms with E-state index in [1.807, 2.05) is 17.5 Å². The number of rotatable bonds is 2. The van der Waals surface area contributed by atoms with Crippen LogP contribution in [-0.2, 0) is 0 Å². The van der Waals surface area contributed by atoms with Crippen LogP contribution in [0.1, 0.15) is 10.9 Å². The minimum Gasteiger partial charge on any atom is -0.395 e. The molecule has 14 heavy (non-hydrogen) atoms. The highest BCUT2D eigenvalue weighted by atomic mass is 32.1. The molecule has 1 unspecified atom stereocenters. The monoisotopic (exact) mass is 215 g/mol. The third-order valence-corrected chi connectivity index (χ3v) is 3.50. The lowest BCUT2D eigenvalue weighted by Crippen LogP contribution is -2.35. The third-order valence-electron chi connectivity index (χ3n) is 2.54. The fourth-order valence-corrected chi connectivity index (χ4v) is 2.57. The Labute approximate surface area is 85.8 Å². The minimum atomic E-state index is -0.896. The molecular weight excluding hydrogens is 202 g/mol. The van der Waals surface area contributed by atoms with E-state index in [9.17, 15) is 10.2 Å². The van der Waals surface area contributed by atoms with Crippen LogP contribution in [0.25, 0.3) is 0 Å². The molecule has 0 aliphatic carbocycles. The average Bonchev–Trinajstić information content (AvgIpc) is 2.78. The summed E-state index contributed by atoms with van der Waals surface area (Å²) in [6.45, 7) is -0.167. The Kier molecular flexibility index (Phi) is 2.85. The zero-order valence-electron chi connectivity index (χ0n) is 7.50. The molecule has 1 fully saturated rings. The first-order valence-electron chi connectivity index (χ1n) is 4.50. The molecule has 4 nitrogen and oxygen atoms in total. The molecule has 0 aromatic carbocycles. The van der Waals surface area contributed by atoms with Crippen LogP contribution < -0.4 is 5.32 Å². The van der Waals surface area contributed by atoms with E-state index < -0.39 is 18.2 Å². The van der Waals surface area contributed by atoms with E-state index in [1.165, 1.54) is 11.3 Å². The fourth-order valence-electron chi connectivity index (χ4n) is 1.74. The van der Waals surface area contributed by atoms with Crippen molar-refractivity contribution in [3.63, 3.8) is 0 Å². The lowest BCUT2D eigenvalue weighted by Gasteiger charge is -2.13. The van der Waals surface area contributed by atoms with Gasteiger partial charge in [0.05, 0.1) is 24.8 Å². The van der Waals surface area contributed by atoms with Crippen molar-refractivity contribution in [1.82, 2.24) is 5.32 Å². The van der Waals surface area contributed by atoms with Crippen LogP contribution >= 0.6 is 11.3 Å². The van der Waals surface area contributed by atoms with Crippen molar-refractivity contribution >= 4 is 11.3 Å². The van der Waals surface area contributed by atoms with Crippen molar-refractivity contribution in [2.75, 3.05) is 6.61 Å². The first kappa shape index (κ1) is 10.1. The second kappa shape index (κ2) is 3.96. The zero-order chi connectivity index (χ0) is 10.1. The molecule has 1 aliphatic rings. The van der Waals surface area contributed by atoms with Crippen LogP contribution in [0.4, 0.5) is 0 Å². The Morgan fingerprint density at radius 2 is 2.14 bits per heavy atom. The zero-order valence-corrected chi connectivity index (χ0v) is 8.31. The van der Waals surface area contributed by atoms with Gasteiger partial charge in [-0.1, -0.05) is 6.07 Å². The lowest BCUT2D eigenvalue weighted by molar-refractivity contribution is 0.0198. The van der Waals surface area contributed by atoms with Gasteiger partial charge in [0.25, 0.3) is 0 Å². The lowest BCUT2D eigenvalue weighted by atomic mass is 10.1. The Morgan fingerprint density at radius 3 is 2.64 bits per heavy atom. The molecule has 5 heteroatoms. The van der Waals surface area contributed by atoms with Gasteiger partial charge in [0.1, 0.15) is 6.10 Å². The number of aliphatic hydroxyl groups excluding tert-OH is 3. The van der Waals surface area contributed by atoms with Crippen molar-refractivity contribution < 1.29 is 15.3 Å². The molecule has 78 valence electrons. The molecule has 1 aromatic heterocycles. The van der Waals surface area contributed by atoms with Gasteiger partial charge in [0.15, 0.2) is 0 Å². The number of nitrogens with one attached hydrogen (secondary N) is 1. The molecule has 0 spiro atoms. The SMILES string of the molecule is OC[C@H]1NC(c2cccs2)[C@H](O)[C@@H]1O. The van der Waals surface area contributed by atoms with Crippen molar-refractivity contribution in [1.29, 1.82) is 0 Å². The van der Waals surface area contributed by atoms with Crippen molar-refractivity contribution in [3.8, 4) is 0 Å². The Hall–Kier alpha value is -0.460. The number of thiophene rings is 1. The molecule has 4 N–H and O–H groups in total. The second-order valence-corrected chi connectivity index (χ2v) is 4.41. The van der Waals surface area contributed by atoms with Gasteiger partial charge in [-0.05, 0) is 11.4 Å². The fraction of sp³-hybridized carbons (Fsp3) is 0.556. The normalized spacial score (nSPS) is 37.6. The molecular formula is C9H13NO3S. The minimum absolute atomic E-state index is 0.167. The highest BCUT2D eigenvalue weighted by molar-refractivity contribution is 7.10. The molecule has 4 atom stereocenters. The largest absolute Gasteiger partial charge is 0.395 e. The first-order valence-corrected chi connectivity index (χ1v) is 5.38. The molecule has 2 rings (SSSR count). The first-order chi connectivity index (χ1) is 6.74. The van der Waals surface area contributed by atoms with Gasteiger partial charge in [-0.15, -0.1) is 11.3 Å². The van der Waals surface area contributed by atoms with Crippen molar-refractivity contribution in [2.24, 2.45) is 0 Å². The van der Waals surface area contributed by atoms with Gasteiger partial charge in [-0.3, -0.25) is 5.32 Å². The summed E-state index contributed by atoms with van der Waals surface area (Å²) in [7, 11) is 0. The average molecular weight is 215 g/mol. The van der Waals surface area contributed by atoms with Gasteiger partial charge in [-0.25, -0.2) is 0 Å².